The van der Waals surface area contributed by atoms with Gasteiger partial charge in [-0.1, -0.05) is 109 Å². The fourth-order valence-electron chi connectivity index (χ4n) is 8.10. The molecule has 11 rings (SSSR count). The van der Waals surface area contributed by atoms with E-state index in [2.05, 4.69) is 137 Å². The SMILES string of the molecule is O=c1c2ccccc2c2cc3c4ccccc4n(-c4ccccc4)c3c3nc(-n4c5ccccc5c5cc(-c6ccccc6)ccc54)n1c23. The van der Waals surface area contributed by atoms with Crippen LogP contribution in [0.2, 0.25) is 0 Å². The highest BCUT2D eigenvalue weighted by Gasteiger charge is 2.26. The predicted molar refractivity (Wildman–Crippen MR) is 202 cm³/mol. The van der Waals surface area contributed by atoms with Crippen LogP contribution >= 0.6 is 0 Å². The summed E-state index contributed by atoms with van der Waals surface area (Å²) in [5.74, 6) is 0.590. The van der Waals surface area contributed by atoms with E-state index < -0.39 is 0 Å². The first kappa shape index (κ1) is 26.4. The van der Waals surface area contributed by atoms with Crippen molar-refractivity contribution in [3.05, 3.63) is 168 Å². The molecule has 0 unspecified atom stereocenters. The van der Waals surface area contributed by atoms with Gasteiger partial charge < -0.3 is 4.57 Å². The van der Waals surface area contributed by atoms with Gasteiger partial charge in [0.05, 0.1) is 27.6 Å². The van der Waals surface area contributed by atoms with Crippen LogP contribution in [0.15, 0.2) is 163 Å². The molecule has 0 N–H and O–H groups in total. The minimum atomic E-state index is -0.0749. The molecule has 0 radical (unpaired) electrons. The number of para-hydroxylation sites is 3. The van der Waals surface area contributed by atoms with Crippen LogP contribution in [0.1, 0.15) is 0 Å². The molecule has 0 spiro atoms. The lowest BCUT2D eigenvalue weighted by Crippen LogP contribution is -2.16. The largest absolute Gasteiger partial charge is 0.307 e. The second-order valence-corrected chi connectivity index (χ2v) is 12.8. The molecule has 5 nitrogen and oxygen atoms in total. The van der Waals surface area contributed by atoms with Gasteiger partial charge in [-0.3, -0.25) is 9.36 Å². The summed E-state index contributed by atoms with van der Waals surface area (Å²) in [6, 6.07) is 54.7. The van der Waals surface area contributed by atoms with E-state index in [4.69, 9.17) is 4.98 Å². The van der Waals surface area contributed by atoms with Gasteiger partial charge in [0.1, 0.15) is 5.52 Å². The van der Waals surface area contributed by atoms with Crippen molar-refractivity contribution in [2.45, 2.75) is 0 Å². The molecule has 0 aliphatic heterocycles. The Hall–Kier alpha value is -6.72. The zero-order chi connectivity index (χ0) is 32.2. The zero-order valence-corrected chi connectivity index (χ0v) is 26.2. The maximum absolute atomic E-state index is 14.7. The molecule has 5 heteroatoms. The molecule has 0 atom stereocenters. The molecule has 0 saturated carbocycles. The maximum atomic E-state index is 14.7. The zero-order valence-electron chi connectivity index (χ0n) is 26.2. The summed E-state index contributed by atoms with van der Waals surface area (Å²) in [7, 11) is 0. The first-order chi connectivity index (χ1) is 24.3. The lowest BCUT2D eigenvalue weighted by molar-refractivity contribution is 0.969. The molecule has 0 fully saturated rings. The van der Waals surface area contributed by atoms with E-state index >= 15 is 0 Å². The number of fused-ring (bicyclic) bond motifs is 9. The monoisotopic (exact) mass is 626 g/mol. The molecule has 0 amide bonds. The quantitative estimate of drug-likeness (QED) is 0.183. The number of aromatic nitrogens is 4. The second kappa shape index (κ2) is 9.66. The molecule has 228 valence electrons. The van der Waals surface area contributed by atoms with E-state index in [0.717, 1.165) is 82.2 Å². The highest BCUT2D eigenvalue weighted by atomic mass is 16.1. The fraction of sp³-hybridized carbons (Fsp3) is 0. The third-order valence-electron chi connectivity index (χ3n) is 10.2. The molecule has 11 aromatic rings. The van der Waals surface area contributed by atoms with Gasteiger partial charge in [-0.05, 0) is 65.0 Å². The van der Waals surface area contributed by atoms with E-state index in [9.17, 15) is 4.79 Å². The number of rotatable bonds is 3. The van der Waals surface area contributed by atoms with Crippen molar-refractivity contribution in [1.29, 1.82) is 0 Å². The van der Waals surface area contributed by atoms with Gasteiger partial charge in [0.2, 0.25) is 5.95 Å². The third-order valence-corrected chi connectivity index (χ3v) is 10.2. The number of nitrogens with zero attached hydrogens (tertiary/aromatic N) is 4. The lowest BCUT2D eigenvalue weighted by Gasteiger charge is -2.10. The van der Waals surface area contributed by atoms with Crippen LogP contribution in [0, 0.1) is 0 Å². The normalized spacial score (nSPS) is 12.2. The number of hydrogen-bond donors (Lipinski definition) is 0. The van der Waals surface area contributed by atoms with Crippen molar-refractivity contribution in [3.63, 3.8) is 0 Å². The molecule has 49 heavy (non-hydrogen) atoms. The molecule has 0 aliphatic rings. The Kier molecular flexibility index (Phi) is 5.19. The van der Waals surface area contributed by atoms with Gasteiger partial charge in [0, 0.05) is 38.0 Å². The standard InChI is InChI=1S/C44H26N4O/c49-43-33-20-8-7-17-30(33)35-26-36-32-19-10-11-21-37(32)46(29-15-5-2-6-16-29)41(36)40-42(35)48(43)44(45-40)47-38-22-12-9-18-31(38)34-25-28(23-24-39(34)47)27-13-3-1-4-14-27/h1-26H. The lowest BCUT2D eigenvalue weighted by atomic mass is 10.0. The maximum Gasteiger partial charge on any atom is 0.265 e. The minimum absolute atomic E-state index is 0.0749. The summed E-state index contributed by atoms with van der Waals surface area (Å²) in [6.07, 6.45) is 0. The van der Waals surface area contributed by atoms with Crippen LogP contribution < -0.4 is 5.56 Å². The Bertz CT molecular complexity index is 3170. The Morgan fingerprint density at radius 3 is 1.73 bits per heavy atom. The Balaban J connectivity index is 1.36. The summed E-state index contributed by atoms with van der Waals surface area (Å²) in [6.45, 7) is 0. The van der Waals surface area contributed by atoms with Gasteiger partial charge in [0.15, 0.2) is 0 Å². The molecular weight excluding hydrogens is 601 g/mol. The van der Waals surface area contributed by atoms with Crippen LogP contribution in [0.4, 0.5) is 0 Å². The molecule has 7 aromatic carbocycles. The molecule has 0 bridgehead atoms. The molecular formula is C44H26N4O. The minimum Gasteiger partial charge on any atom is -0.307 e. The van der Waals surface area contributed by atoms with E-state index in [1.165, 1.54) is 0 Å². The van der Waals surface area contributed by atoms with E-state index in [1.807, 2.05) is 34.7 Å². The van der Waals surface area contributed by atoms with Gasteiger partial charge in [0.25, 0.3) is 5.56 Å². The van der Waals surface area contributed by atoms with Crippen molar-refractivity contribution in [3.8, 4) is 22.8 Å². The Morgan fingerprint density at radius 1 is 0.408 bits per heavy atom. The average Bonchev–Trinajstić information content (AvgIpc) is 3.82. The Labute approximate surface area is 279 Å². The topological polar surface area (TPSA) is 44.2 Å². The smallest absolute Gasteiger partial charge is 0.265 e. The first-order valence-corrected chi connectivity index (χ1v) is 16.5. The average molecular weight is 627 g/mol. The first-order valence-electron chi connectivity index (χ1n) is 16.5. The Morgan fingerprint density at radius 2 is 0.980 bits per heavy atom. The summed E-state index contributed by atoms with van der Waals surface area (Å²) in [5, 5.41) is 7.11. The second-order valence-electron chi connectivity index (χ2n) is 12.8. The van der Waals surface area contributed by atoms with Crippen LogP contribution in [-0.2, 0) is 0 Å². The van der Waals surface area contributed by atoms with E-state index in [0.29, 0.717) is 11.3 Å². The number of imidazole rings is 1. The van der Waals surface area contributed by atoms with Gasteiger partial charge in [-0.25, -0.2) is 9.38 Å². The van der Waals surface area contributed by atoms with Gasteiger partial charge in [-0.2, -0.15) is 0 Å². The molecule has 4 heterocycles. The van der Waals surface area contributed by atoms with Crippen molar-refractivity contribution in [2.24, 2.45) is 0 Å². The van der Waals surface area contributed by atoms with Crippen molar-refractivity contribution >= 4 is 70.8 Å². The van der Waals surface area contributed by atoms with Crippen LogP contribution in [-0.4, -0.2) is 18.5 Å². The van der Waals surface area contributed by atoms with Crippen LogP contribution in [0.25, 0.3) is 93.6 Å². The van der Waals surface area contributed by atoms with Gasteiger partial charge in [-0.15, -0.1) is 0 Å². The molecule has 0 aliphatic carbocycles. The van der Waals surface area contributed by atoms with Crippen molar-refractivity contribution in [1.82, 2.24) is 18.5 Å². The fourth-order valence-corrected chi connectivity index (χ4v) is 8.10. The molecule has 4 aromatic heterocycles. The van der Waals surface area contributed by atoms with E-state index in [-0.39, 0.29) is 5.56 Å². The predicted octanol–water partition coefficient (Wildman–Crippen LogP) is 10.3. The molecule has 0 saturated heterocycles. The third kappa shape index (κ3) is 3.48. The summed E-state index contributed by atoms with van der Waals surface area (Å²) in [5.41, 5.74) is 9.01. The number of hydrogen-bond acceptors (Lipinski definition) is 2. The van der Waals surface area contributed by atoms with Gasteiger partial charge >= 0.3 is 0 Å². The van der Waals surface area contributed by atoms with Crippen molar-refractivity contribution < 1.29 is 0 Å². The summed E-state index contributed by atoms with van der Waals surface area (Å²) >= 11 is 0. The van der Waals surface area contributed by atoms with E-state index in [1.54, 1.807) is 0 Å². The van der Waals surface area contributed by atoms with Crippen molar-refractivity contribution in [2.75, 3.05) is 0 Å². The number of pyridine rings is 1. The highest BCUT2D eigenvalue weighted by Crippen LogP contribution is 2.42. The number of benzene rings is 7. The summed E-state index contributed by atoms with van der Waals surface area (Å²) < 4.78 is 6.33. The van der Waals surface area contributed by atoms with Crippen LogP contribution in [0.3, 0.4) is 0 Å². The highest BCUT2D eigenvalue weighted by molar-refractivity contribution is 6.25. The van der Waals surface area contributed by atoms with Crippen LogP contribution in [0.5, 0.6) is 0 Å². The summed E-state index contributed by atoms with van der Waals surface area (Å²) in [4.78, 5) is 20.3.